The van der Waals surface area contributed by atoms with Gasteiger partial charge in [-0.2, -0.15) is 0 Å². The molecule has 0 atom stereocenters. The molecule has 1 aliphatic rings. The van der Waals surface area contributed by atoms with E-state index in [1.54, 1.807) is 0 Å². The van der Waals surface area contributed by atoms with Crippen LogP contribution >= 0.6 is 0 Å². The van der Waals surface area contributed by atoms with E-state index in [-0.39, 0.29) is 12.1 Å². The number of para-hydroxylation sites is 1. The molecule has 3 rings (SSSR count). The minimum atomic E-state index is -0.453. The zero-order chi connectivity index (χ0) is 15.9. The Bertz CT molecular complexity index is 587. The minimum absolute atomic E-state index is 0.0896. The first-order chi connectivity index (χ1) is 11.3. The van der Waals surface area contributed by atoms with Gasteiger partial charge in [0.2, 0.25) is 0 Å². The van der Waals surface area contributed by atoms with Crippen LogP contribution in [0.1, 0.15) is 12.8 Å². The fourth-order valence-electron chi connectivity index (χ4n) is 2.57. The zero-order valence-electron chi connectivity index (χ0n) is 12.9. The van der Waals surface area contributed by atoms with Gasteiger partial charge in [0.05, 0.1) is 12.4 Å². The summed E-state index contributed by atoms with van der Waals surface area (Å²) < 4.78 is 24.2. The summed E-state index contributed by atoms with van der Waals surface area (Å²) in [5.74, 6) is 0.449. The van der Waals surface area contributed by atoms with Crippen LogP contribution in [0.2, 0.25) is 0 Å². The standard InChI is InChI=1S/C17H20FN3O2/c18-14-12-19-17(20-13-14)23-16-6-8-21(9-7-16)10-11-22-15-4-2-1-3-5-15/h1-5,12-13,16H,6-11H2. The highest BCUT2D eigenvalue weighted by molar-refractivity contribution is 5.20. The molecule has 0 N–H and O–H groups in total. The van der Waals surface area contributed by atoms with Crippen molar-refractivity contribution >= 4 is 0 Å². The zero-order valence-corrected chi connectivity index (χ0v) is 12.9. The van der Waals surface area contributed by atoms with E-state index in [0.29, 0.717) is 6.61 Å². The Hall–Kier alpha value is -2.21. The lowest BCUT2D eigenvalue weighted by Crippen LogP contribution is -2.40. The van der Waals surface area contributed by atoms with Crippen LogP contribution in [0.5, 0.6) is 11.8 Å². The summed E-state index contributed by atoms with van der Waals surface area (Å²) in [6, 6.07) is 10.1. The summed E-state index contributed by atoms with van der Waals surface area (Å²) >= 11 is 0. The molecule has 6 heteroatoms. The van der Waals surface area contributed by atoms with Crippen LogP contribution in [0.4, 0.5) is 4.39 Å². The van der Waals surface area contributed by atoms with Gasteiger partial charge in [0.25, 0.3) is 0 Å². The number of ether oxygens (including phenoxy) is 2. The molecule has 0 saturated carbocycles. The van der Waals surface area contributed by atoms with Crippen molar-refractivity contribution in [1.82, 2.24) is 14.9 Å². The van der Waals surface area contributed by atoms with Gasteiger partial charge >= 0.3 is 6.01 Å². The lowest BCUT2D eigenvalue weighted by atomic mass is 10.1. The summed E-state index contributed by atoms with van der Waals surface area (Å²) in [5.41, 5.74) is 0. The van der Waals surface area contributed by atoms with E-state index in [9.17, 15) is 4.39 Å². The van der Waals surface area contributed by atoms with E-state index in [0.717, 1.165) is 50.6 Å². The minimum Gasteiger partial charge on any atom is -0.492 e. The topological polar surface area (TPSA) is 47.5 Å². The molecular weight excluding hydrogens is 297 g/mol. The maximum Gasteiger partial charge on any atom is 0.316 e. The molecule has 23 heavy (non-hydrogen) atoms. The van der Waals surface area contributed by atoms with Crippen LogP contribution in [0.25, 0.3) is 0 Å². The summed E-state index contributed by atoms with van der Waals surface area (Å²) in [6.45, 7) is 3.47. The van der Waals surface area contributed by atoms with Gasteiger partial charge in [-0.15, -0.1) is 0 Å². The Balaban J connectivity index is 1.36. The second-order valence-electron chi connectivity index (χ2n) is 5.50. The Morgan fingerprint density at radius 2 is 1.78 bits per heavy atom. The van der Waals surface area contributed by atoms with Crippen LogP contribution in [-0.2, 0) is 0 Å². The molecule has 0 amide bonds. The molecule has 0 spiro atoms. The molecule has 1 fully saturated rings. The van der Waals surface area contributed by atoms with E-state index >= 15 is 0 Å². The largest absolute Gasteiger partial charge is 0.492 e. The highest BCUT2D eigenvalue weighted by Gasteiger charge is 2.21. The normalized spacial score (nSPS) is 16.2. The average molecular weight is 317 g/mol. The number of likely N-dealkylation sites (tertiary alicyclic amines) is 1. The monoisotopic (exact) mass is 317 g/mol. The van der Waals surface area contributed by atoms with Gasteiger partial charge in [-0.3, -0.25) is 4.90 Å². The third-order valence-electron chi connectivity index (χ3n) is 3.82. The second kappa shape index (κ2) is 7.87. The van der Waals surface area contributed by atoms with Crippen molar-refractivity contribution < 1.29 is 13.9 Å². The first-order valence-electron chi connectivity index (χ1n) is 7.84. The van der Waals surface area contributed by atoms with Gasteiger partial charge in [-0.25, -0.2) is 14.4 Å². The van der Waals surface area contributed by atoms with Gasteiger partial charge in [0.1, 0.15) is 18.5 Å². The van der Waals surface area contributed by atoms with Crippen molar-refractivity contribution in [2.24, 2.45) is 0 Å². The van der Waals surface area contributed by atoms with E-state index < -0.39 is 5.82 Å². The number of hydrogen-bond donors (Lipinski definition) is 0. The highest BCUT2D eigenvalue weighted by Crippen LogP contribution is 2.16. The molecule has 1 saturated heterocycles. The summed E-state index contributed by atoms with van der Waals surface area (Å²) in [5, 5.41) is 0. The van der Waals surface area contributed by atoms with Crippen LogP contribution in [0.15, 0.2) is 42.7 Å². The maximum atomic E-state index is 12.8. The molecule has 5 nitrogen and oxygen atoms in total. The molecule has 1 aromatic heterocycles. The van der Waals surface area contributed by atoms with Crippen molar-refractivity contribution in [3.05, 3.63) is 48.5 Å². The molecule has 2 heterocycles. The van der Waals surface area contributed by atoms with Gasteiger partial charge in [-0.05, 0) is 25.0 Å². The molecule has 0 radical (unpaired) electrons. The number of aromatic nitrogens is 2. The predicted octanol–water partition coefficient (Wildman–Crippen LogP) is 2.54. The smallest absolute Gasteiger partial charge is 0.316 e. The van der Waals surface area contributed by atoms with Gasteiger partial charge < -0.3 is 9.47 Å². The first-order valence-corrected chi connectivity index (χ1v) is 7.84. The number of hydrogen-bond acceptors (Lipinski definition) is 5. The molecule has 1 aliphatic heterocycles. The molecular formula is C17H20FN3O2. The highest BCUT2D eigenvalue weighted by atomic mass is 19.1. The number of halogens is 1. The fourth-order valence-corrected chi connectivity index (χ4v) is 2.57. The van der Waals surface area contributed by atoms with Crippen molar-refractivity contribution in [2.75, 3.05) is 26.2 Å². The lowest BCUT2D eigenvalue weighted by Gasteiger charge is -2.31. The Labute approximate surface area is 135 Å². The first kappa shape index (κ1) is 15.7. The van der Waals surface area contributed by atoms with Crippen molar-refractivity contribution in [1.29, 1.82) is 0 Å². The SMILES string of the molecule is Fc1cnc(OC2CCN(CCOc3ccccc3)CC2)nc1. The molecule has 0 unspecified atom stereocenters. The fraction of sp³-hybridized carbons (Fsp3) is 0.412. The summed E-state index contributed by atoms with van der Waals surface area (Å²) in [7, 11) is 0. The number of rotatable bonds is 6. The molecule has 0 aliphatic carbocycles. The lowest BCUT2D eigenvalue weighted by molar-refractivity contribution is 0.0846. The van der Waals surface area contributed by atoms with Crippen LogP contribution in [0, 0.1) is 5.82 Å². The Morgan fingerprint density at radius 1 is 1.09 bits per heavy atom. The molecule has 1 aromatic carbocycles. The van der Waals surface area contributed by atoms with Crippen LogP contribution in [0.3, 0.4) is 0 Å². The van der Waals surface area contributed by atoms with Crippen LogP contribution in [-0.4, -0.2) is 47.2 Å². The third kappa shape index (κ3) is 4.89. The Kier molecular flexibility index (Phi) is 5.37. The van der Waals surface area contributed by atoms with E-state index in [2.05, 4.69) is 14.9 Å². The summed E-state index contributed by atoms with van der Waals surface area (Å²) in [6.07, 6.45) is 4.15. The van der Waals surface area contributed by atoms with Gasteiger partial charge in [0.15, 0.2) is 5.82 Å². The third-order valence-corrected chi connectivity index (χ3v) is 3.82. The molecule has 2 aromatic rings. The van der Waals surface area contributed by atoms with E-state index in [4.69, 9.17) is 9.47 Å². The Morgan fingerprint density at radius 3 is 2.48 bits per heavy atom. The van der Waals surface area contributed by atoms with Gasteiger partial charge in [-0.1, -0.05) is 18.2 Å². The molecule has 122 valence electrons. The quantitative estimate of drug-likeness (QED) is 0.819. The second-order valence-corrected chi connectivity index (χ2v) is 5.50. The van der Waals surface area contributed by atoms with Crippen molar-refractivity contribution in [3.63, 3.8) is 0 Å². The average Bonchev–Trinajstić information content (AvgIpc) is 2.59. The number of nitrogens with zero attached hydrogens (tertiary/aromatic N) is 3. The van der Waals surface area contributed by atoms with E-state index in [1.807, 2.05) is 30.3 Å². The molecule has 0 bridgehead atoms. The van der Waals surface area contributed by atoms with Crippen molar-refractivity contribution in [2.45, 2.75) is 18.9 Å². The number of benzene rings is 1. The van der Waals surface area contributed by atoms with E-state index in [1.165, 1.54) is 0 Å². The van der Waals surface area contributed by atoms with Crippen molar-refractivity contribution in [3.8, 4) is 11.8 Å². The van der Waals surface area contributed by atoms with Gasteiger partial charge in [0, 0.05) is 19.6 Å². The predicted molar refractivity (Wildman–Crippen MR) is 84.0 cm³/mol. The summed E-state index contributed by atoms with van der Waals surface area (Å²) in [4.78, 5) is 10.0. The van der Waals surface area contributed by atoms with Crippen LogP contribution < -0.4 is 9.47 Å². The maximum absolute atomic E-state index is 12.8. The number of piperidine rings is 1.